The first-order valence-electron chi connectivity index (χ1n) is 3.80. The van der Waals surface area contributed by atoms with Gasteiger partial charge in [-0.3, -0.25) is 9.69 Å². The Morgan fingerprint density at radius 2 is 2.55 bits per heavy atom. The van der Waals surface area contributed by atoms with Gasteiger partial charge in [-0.05, 0) is 6.92 Å². The van der Waals surface area contributed by atoms with Gasteiger partial charge in [-0.25, -0.2) is 0 Å². The molecule has 1 aliphatic rings. The first-order chi connectivity index (χ1) is 5.18. The van der Waals surface area contributed by atoms with Crippen LogP contribution in [0, 0.1) is 6.54 Å². The Kier molecular flexibility index (Phi) is 2.84. The molecule has 0 saturated carbocycles. The minimum Gasteiger partial charge on any atom is -0.368 e. The molecule has 0 bridgehead atoms. The molecule has 1 heterocycles. The highest BCUT2D eigenvalue weighted by Crippen LogP contribution is 1.99. The van der Waals surface area contributed by atoms with E-state index in [2.05, 4.69) is 12.2 Å². The third kappa shape index (κ3) is 2.86. The average Bonchev–Trinajstić information content (AvgIpc) is 1.85. The largest absolute Gasteiger partial charge is 0.368 e. The van der Waals surface area contributed by atoms with E-state index in [1.54, 1.807) is 0 Å². The predicted molar refractivity (Wildman–Crippen MR) is 42.5 cm³/mol. The van der Waals surface area contributed by atoms with Gasteiger partial charge < -0.3 is 11.1 Å². The number of piperazine rings is 1. The number of primary amides is 1. The standard InChI is InChI=1S/C7H14N3O/c1-6-4-10(3-2-9-6)5-7(8)11/h5-6,9H,2-4H2,1H3,(H2,8,11). The molecule has 0 aromatic rings. The summed E-state index contributed by atoms with van der Waals surface area (Å²) in [6, 6.07) is 0.444. The summed E-state index contributed by atoms with van der Waals surface area (Å²) in [7, 11) is 0. The van der Waals surface area contributed by atoms with E-state index in [-0.39, 0.29) is 5.91 Å². The number of amides is 1. The third-order valence-corrected chi connectivity index (χ3v) is 1.71. The number of carbonyl (C=O) groups is 1. The quantitative estimate of drug-likeness (QED) is 0.535. The number of hydrogen-bond acceptors (Lipinski definition) is 3. The molecule has 1 unspecified atom stereocenters. The zero-order valence-corrected chi connectivity index (χ0v) is 6.71. The molecule has 1 aliphatic heterocycles. The van der Waals surface area contributed by atoms with Crippen molar-refractivity contribution in [3.05, 3.63) is 6.54 Å². The maximum absolute atomic E-state index is 10.5. The van der Waals surface area contributed by atoms with E-state index in [0.717, 1.165) is 19.6 Å². The van der Waals surface area contributed by atoms with E-state index in [9.17, 15) is 4.79 Å². The molecule has 1 saturated heterocycles. The lowest BCUT2D eigenvalue weighted by atomic mass is 10.2. The highest BCUT2D eigenvalue weighted by molar-refractivity contribution is 5.82. The Morgan fingerprint density at radius 3 is 3.09 bits per heavy atom. The van der Waals surface area contributed by atoms with Crippen molar-refractivity contribution < 1.29 is 4.79 Å². The van der Waals surface area contributed by atoms with E-state index in [1.165, 1.54) is 6.54 Å². The maximum Gasteiger partial charge on any atom is 0.236 e. The van der Waals surface area contributed by atoms with E-state index in [0.29, 0.717) is 6.04 Å². The smallest absolute Gasteiger partial charge is 0.236 e. The number of nitrogens with zero attached hydrogens (tertiary/aromatic N) is 1. The Labute approximate surface area is 66.7 Å². The van der Waals surface area contributed by atoms with Crippen LogP contribution in [0.15, 0.2) is 0 Å². The molecule has 0 spiro atoms. The highest BCUT2D eigenvalue weighted by Gasteiger charge is 2.16. The van der Waals surface area contributed by atoms with Crippen LogP contribution in [0.2, 0.25) is 0 Å². The fraction of sp³-hybridized carbons (Fsp3) is 0.714. The lowest BCUT2D eigenvalue weighted by Gasteiger charge is -2.30. The minimum atomic E-state index is -0.362. The molecule has 1 atom stereocenters. The van der Waals surface area contributed by atoms with Gasteiger partial charge in [0.15, 0.2) is 0 Å². The molecule has 4 heteroatoms. The van der Waals surface area contributed by atoms with Crippen molar-refractivity contribution in [1.29, 1.82) is 0 Å². The van der Waals surface area contributed by atoms with Crippen molar-refractivity contribution in [1.82, 2.24) is 10.2 Å². The summed E-state index contributed by atoms with van der Waals surface area (Å²) in [4.78, 5) is 12.4. The lowest BCUT2D eigenvalue weighted by molar-refractivity contribution is -0.116. The van der Waals surface area contributed by atoms with Crippen molar-refractivity contribution in [2.24, 2.45) is 5.73 Å². The van der Waals surface area contributed by atoms with Crippen molar-refractivity contribution in [3.63, 3.8) is 0 Å². The maximum atomic E-state index is 10.5. The summed E-state index contributed by atoms with van der Waals surface area (Å²) >= 11 is 0. The Morgan fingerprint density at radius 1 is 1.82 bits per heavy atom. The van der Waals surface area contributed by atoms with Crippen LogP contribution in [-0.4, -0.2) is 36.5 Å². The molecule has 63 valence electrons. The highest BCUT2D eigenvalue weighted by atomic mass is 16.1. The van der Waals surface area contributed by atoms with Gasteiger partial charge in [0.2, 0.25) is 5.91 Å². The normalized spacial score (nSPS) is 26.8. The van der Waals surface area contributed by atoms with Crippen LogP contribution in [0.5, 0.6) is 0 Å². The van der Waals surface area contributed by atoms with Gasteiger partial charge in [-0.1, -0.05) is 0 Å². The van der Waals surface area contributed by atoms with E-state index in [1.807, 2.05) is 4.90 Å². The van der Waals surface area contributed by atoms with Gasteiger partial charge in [0.1, 0.15) is 6.54 Å². The fourth-order valence-electron chi connectivity index (χ4n) is 1.26. The summed E-state index contributed by atoms with van der Waals surface area (Å²) in [5, 5.41) is 3.27. The SMILES string of the molecule is CC1CN([CH]C(N)=O)CCN1. The van der Waals surface area contributed by atoms with Gasteiger partial charge in [0, 0.05) is 25.7 Å². The zero-order valence-electron chi connectivity index (χ0n) is 6.71. The predicted octanol–water partition coefficient (Wildman–Crippen LogP) is -1.07. The summed E-state index contributed by atoms with van der Waals surface area (Å²) in [6.07, 6.45) is 0. The summed E-state index contributed by atoms with van der Waals surface area (Å²) in [5.41, 5.74) is 5.01. The molecule has 4 nitrogen and oxygen atoms in total. The molecule has 3 N–H and O–H groups in total. The number of carbonyl (C=O) groups excluding carboxylic acids is 1. The molecule has 0 aromatic heterocycles. The van der Waals surface area contributed by atoms with Crippen molar-refractivity contribution >= 4 is 5.91 Å². The number of nitrogens with one attached hydrogen (secondary N) is 1. The van der Waals surface area contributed by atoms with Gasteiger partial charge in [-0.2, -0.15) is 0 Å². The second kappa shape index (κ2) is 3.69. The second-order valence-electron chi connectivity index (χ2n) is 2.88. The zero-order chi connectivity index (χ0) is 8.27. The molecule has 11 heavy (non-hydrogen) atoms. The minimum absolute atomic E-state index is 0.362. The molecule has 1 fully saturated rings. The van der Waals surface area contributed by atoms with E-state index in [4.69, 9.17) is 5.73 Å². The van der Waals surface area contributed by atoms with E-state index >= 15 is 0 Å². The average molecular weight is 156 g/mol. The summed E-state index contributed by atoms with van der Waals surface area (Å²) in [5.74, 6) is -0.362. The van der Waals surface area contributed by atoms with Crippen LogP contribution >= 0.6 is 0 Å². The van der Waals surface area contributed by atoms with Crippen LogP contribution in [0.25, 0.3) is 0 Å². The topological polar surface area (TPSA) is 58.4 Å². The summed E-state index contributed by atoms with van der Waals surface area (Å²) < 4.78 is 0. The monoisotopic (exact) mass is 156 g/mol. The van der Waals surface area contributed by atoms with Gasteiger partial charge in [0.25, 0.3) is 0 Å². The van der Waals surface area contributed by atoms with Crippen LogP contribution < -0.4 is 11.1 Å². The Balaban J connectivity index is 2.28. The molecular weight excluding hydrogens is 142 g/mol. The lowest BCUT2D eigenvalue weighted by Crippen LogP contribution is -2.49. The van der Waals surface area contributed by atoms with E-state index < -0.39 is 0 Å². The Hall–Kier alpha value is -0.610. The van der Waals surface area contributed by atoms with Crippen molar-refractivity contribution in [2.45, 2.75) is 13.0 Å². The first-order valence-corrected chi connectivity index (χ1v) is 3.80. The third-order valence-electron chi connectivity index (χ3n) is 1.71. The second-order valence-corrected chi connectivity index (χ2v) is 2.88. The first kappa shape index (κ1) is 8.49. The van der Waals surface area contributed by atoms with Gasteiger partial charge in [-0.15, -0.1) is 0 Å². The molecule has 1 rings (SSSR count). The number of rotatable bonds is 2. The van der Waals surface area contributed by atoms with Crippen LogP contribution in [0.4, 0.5) is 0 Å². The molecule has 0 aromatic carbocycles. The number of hydrogen-bond donors (Lipinski definition) is 2. The Bertz CT molecular complexity index is 149. The molecule has 1 amide bonds. The molecule has 1 radical (unpaired) electrons. The van der Waals surface area contributed by atoms with Crippen LogP contribution in [0.1, 0.15) is 6.92 Å². The van der Waals surface area contributed by atoms with Gasteiger partial charge in [0.05, 0.1) is 0 Å². The molecular formula is C7H14N3O. The van der Waals surface area contributed by atoms with Crippen molar-refractivity contribution in [3.8, 4) is 0 Å². The van der Waals surface area contributed by atoms with Crippen LogP contribution in [0.3, 0.4) is 0 Å². The van der Waals surface area contributed by atoms with Crippen LogP contribution in [-0.2, 0) is 4.79 Å². The van der Waals surface area contributed by atoms with Crippen molar-refractivity contribution in [2.75, 3.05) is 19.6 Å². The summed E-state index contributed by atoms with van der Waals surface area (Å²) in [6.45, 7) is 6.21. The molecule has 0 aliphatic carbocycles. The number of nitrogens with two attached hydrogens (primary N) is 1. The fourth-order valence-corrected chi connectivity index (χ4v) is 1.26. The van der Waals surface area contributed by atoms with Gasteiger partial charge >= 0.3 is 0 Å².